The lowest BCUT2D eigenvalue weighted by Crippen LogP contribution is -2.22. The molecule has 0 aliphatic carbocycles. The Bertz CT molecular complexity index is 533. The van der Waals surface area contributed by atoms with E-state index in [4.69, 9.17) is 11.6 Å². The van der Waals surface area contributed by atoms with Gasteiger partial charge in [-0.3, -0.25) is 0 Å². The number of hydrogen-bond acceptors (Lipinski definition) is 2. The molecular weight excluding hydrogens is 212 g/mol. The average Bonchev–Trinajstić information content (AvgIpc) is 2.57. The Morgan fingerprint density at radius 2 is 2.20 bits per heavy atom. The van der Waals surface area contributed by atoms with E-state index in [-0.39, 0.29) is 5.75 Å². The van der Waals surface area contributed by atoms with Crippen LogP contribution < -0.4 is 5.32 Å². The lowest BCUT2D eigenvalue weighted by Gasteiger charge is -2.12. The molecular formula is C11H11ClN2O. The van der Waals surface area contributed by atoms with E-state index < -0.39 is 0 Å². The SMILES string of the molecule is Oc1cc(Cl)c2[nH]c3c(c2c1)CNCC3. The quantitative estimate of drug-likeness (QED) is 0.640. The molecule has 0 unspecified atom stereocenters. The van der Waals surface area contributed by atoms with Crippen molar-refractivity contribution in [3.63, 3.8) is 0 Å². The van der Waals surface area contributed by atoms with E-state index in [2.05, 4.69) is 10.3 Å². The maximum Gasteiger partial charge on any atom is 0.117 e. The van der Waals surface area contributed by atoms with Crippen LogP contribution in [0.1, 0.15) is 11.3 Å². The Morgan fingerprint density at radius 1 is 1.33 bits per heavy atom. The van der Waals surface area contributed by atoms with Crippen LogP contribution in [0.4, 0.5) is 0 Å². The van der Waals surface area contributed by atoms with Gasteiger partial charge in [0, 0.05) is 36.7 Å². The van der Waals surface area contributed by atoms with Gasteiger partial charge in [0.15, 0.2) is 0 Å². The maximum atomic E-state index is 9.51. The molecule has 0 amide bonds. The van der Waals surface area contributed by atoms with Crippen LogP contribution in [-0.2, 0) is 13.0 Å². The minimum Gasteiger partial charge on any atom is -0.508 e. The van der Waals surface area contributed by atoms with Crippen molar-refractivity contribution >= 4 is 22.5 Å². The van der Waals surface area contributed by atoms with Gasteiger partial charge in [-0.05, 0) is 11.6 Å². The van der Waals surface area contributed by atoms with Gasteiger partial charge >= 0.3 is 0 Å². The third-order valence-electron chi connectivity index (χ3n) is 2.89. The van der Waals surface area contributed by atoms with Crippen LogP contribution in [-0.4, -0.2) is 16.6 Å². The molecule has 2 aromatic rings. The van der Waals surface area contributed by atoms with Crippen LogP contribution in [0.15, 0.2) is 12.1 Å². The third kappa shape index (κ3) is 1.31. The molecule has 0 saturated carbocycles. The zero-order valence-electron chi connectivity index (χ0n) is 8.10. The lowest BCUT2D eigenvalue weighted by molar-refractivity contribution is 0.476. The largest absolute Gasteiger partial charge is 0.508 e. The van der Waals surface area contributed by atoms with E-state index in [0.29, 0.717) is 5.02 Å². The van der Waals surface area contributed by atoms with E-state index in [1.54, 1.807) is 12.1 Å². The van der Waals surface area contributed by atoms with E-state index >= 15 is 0 Å². The van der Waals surface area contributed by atoms with Crippen molar-refractivity contribution in [1.29, 1.82) is 0 Å². The summed E-state index contributed by atoms with van der Waals surface area (Å²) in [6.07, 6.45) is 0.987. The number of nitrogens with one attached hydrogen (secondary N) is 2. The summed E-state index contributed by atoms with van der Waals surface area (Å²) in [6.45, 7) is 1.83. The molecule has 0 atom stereocenters. The summed E-state index contributed by atoms with van der Waals surface area (Å²) in [4.78, 5) is 3.33. The summed E-state index contributed by atoms with van der Waals surface area (Å²) in [5.41, 5.74) is 3.40. The van der Waals surface area contributed by atoms with Gasteiger partial charge in [0.25, 0.3) is 0 Å². The summed E-state index contributed by atoms with van der Waals surface area (Å²) in [5, 5.41) is 14.4. The van der Waals surface area contributed by atoms with Gasteiger partial charge < -0.3 is 15.4 Å². The first-order chi connectivity index (χ1) is 7.25. The van der Waals surface area contributed by atoms with Crippen molar-refractivity contribution in [2.45, 2.75) is 13.0 Å². The second-order valence-electron chi connectivity index (χ2n) is 3.86. The molecule has 0 saturated heterocycles. The van der Waals surface area contributed by atoms with Crippen LogP contribution >= 0.6 is 11.6 Å². The highest BCUT2D eigenvalue weighted by atomic mass is 35.5. The molecule has 3 N–H and O–H groups in total. The van der Waals surface area contributed by atoms with Crippen molar-refractivity contribution in [3.8, 4) is 5.75 Å². The Balaban J connectivity index is 2.37. The van der Waals surface area contributed by atoms with Crippen molar-refractivity contribution in [1.82, 2.24) is 10.3 Å². The van der Waals surface area contributed by atoms with Gasteiger partial charge in [-0.2, -0.15) is 0 Å². The monoisotopic (exact) mass is 222 g/mol. The minimum atomic E-state index is 0.222. The summed E-state index contributed by atoms with van der Waals surface area (Å²) < 4.78 is 0. The normalized spacial score (nSPS) is 15.5. The van der Waals surface area contributed by atoms with Crippen LogP contribution in [0.3, 0.4) is 0 Å². The molecule has 3 nitrogen and oxygen atoms in total. The number of halogens is 1. The molecule has 1 aliphatic rings. The number of H-pyrrole nitrogens is 1. The van der Waals surface area contributed by atoms with Crippen LogP contribution in [0.5, 0.6) is 5.75 Å². The van der Waals surface area contributed by atoms with Gasteiger partial charge in [-0.15, -0.1) is 0 Å². The molecule has 2 heterocycles. The Hall–Kier alpha value is -1.19. The van der Waals surface area contributed by atoms with Crippen LogP contribution in [0.2, 0.25) is 5.02 Å². The smallest absolute Gasteiger partial charge is 0.117 e. The number of fused-ring (bicyclic) bond motifs is 3. The zero-order valence-corrected chi connectivity index (χ0v) is 8.86. The number of benzene rings is 1. The summed E-state index contributed by atoms with van der Waals surface area (Å²) in [6, 6.07) is 3.34. The summed E-state index contributed by atoms with van der Waals surface area (Å²) in [7, 11) is 0. The van der Waals surface area contributed by atoms with Crippen LogP contribution in [0.25, 0.3) is 10.9 Å². The minimum absolute atomic E-state index is 0.222. The number of phenolic OH excluding ortho intramolecular Hbond substituents is 1. The van der Waals surface area contributed by atoms with Gasteiger partial charge in [0.2, 0.25) is 0 Å². The fraction of sp³-hybridized carbons (Fsp3) is 0.273. The standard InChI is InChI=1S/C11H11ClN2O/c12-9-4-6(15)3-7-8-5-13-2-1-10(8)14-11(7)9/h3-4,13-15H,1-2,5H2. The Labute approximate surface area is 92.1 Å². The van der Waals surface area contributed by atoms with E-state index in [9.17, 15) is 5.11 Å². The molecule has 1 aliphatic heterocycles. The van der Waals surface area contributed by atoms with Gasteiger partial charge in [0.05, 0.1) is 10.5 Å². The van der Waals surface area contributed by atoms with Crippen molar-refractivity contribution in [2.75, 3.05) is 6.54 Å². The second-order valence-corrected chi connectivity index (χ2v) is 4.27. The number of aromatic nitrogens is 1. The molecule has 15 heavy (non-hydrogen) atoms. The number of hydrogen-bond donors (Lipinski definition) is 3. The van der Waals surface area contributed by atoms with E-state index in [0.717, 1.165) is 30.4 Å². The van der Waals surface area contributed by atoms with Gasteiger partial charge in [-0.1, -0.05) is 11.6 Å². The molecule has 1 aromatic heterocycles. The van der Waals surface area contributed by atoms with E-state index in [1.165, 1.54) is 11.3 Å². The molecule has 0 bridgehead atoms. The highest BCUT2D eigenvalue weighted by Gasteiger charge is 2.16. The molecule has 3 rings (SSSR count). The third-order valence-corrected chi connectivity index (χ3v) is 3.19. The first-order valence-corrected chi connectivity index (χ1v) is 5.36. The molecule has 0 spiro atoms. The van der Waals surface area contributed by atoms with E-state index in [1.807, 2.05) is 0 Å². The highest BCUT2D eigenvalue weighted by Crippen LogP contribution is 2.33. The van der Waals surface area contributed by atoms with Crippen molar-refractivity contribution in [2.24, 2.45) is 0 Å². The predicted molar refractivity (Wildman–Crippen MR) is 60.4 cm³/mol. The average molecular weight is 223 g/mol. The molecule has 0 fully saturated rings. The van der Waals surface area contributed by atoms with Gasteiger partial charge in [-0.25, -0.2) is 0 Å². The lowest BCUT2D eigenvalue weighted by atomic mass is 10.1. The fourth-order valence-electron chi connectivity index (χ4n) is 2.19. The molecule has 0 radical (unpaired) electrons. The summed E-state index contributed by atoms with van der Waals surface area (Å²) >= 11 is 6.07. The first-order valence-electron chi connectivity index (χ1n) is 4.98. The fourth-order valence-corrected chi connectivity index (χ4v) is 2.45. The number of aromatic hydroxyl groups is 1. The molecule has 1 aromatic carbocycles. The maximum absolute atomic E-state index is 9.51. The number of phenols is 1. The first kappa shape index (κ1) is 9.07. The summed E-state index contributed by atoms with van der Waals surface area (Å²) in [5.74, 6) is 0.222. The van der Waals surface area contributed by atoms with Gasteiger partial charge in [0.1, 0.15) is 5.75 Å². The predicted octanol–water partition coefficient (Wildman–Crippen LogP) is 2.17. The van der Waals surface area contributed by atoms with Crippen LogP contribution in [0, 0.1) is 0 Å². The molecule has 78 valence electrons. The van der Waals surface area contributed by atoms with Crippen molar-refractivity contribution < 1.29 is 5.11 Å². The Morgan fingerprint density at radius 3 is 3.07 bits per heavy atom. The number of rotatable bonds is 0. The number of aromatic amines is 1. The topological polar surface area (TPSA) is 48.0 Å². The highest BCUT2D eigenvalue weighted by molar-refractivity contribution is 6.35. The Kier molecular flexibility index (Phi) is 1.90. The zero-order chi connectivity index (χ0) is 10.4. The molecule has 4 heteroatoms. The van der Waals surface area contributed by atoms with Crippen molar-refractivity contribution in [3.05, 3.63) is 28.4 Å². The second kappa shape index (κ2) is 3.15.